The molecule has 0 bridgehead atoms. The monoisotopic (exact) mass is 196 g/mol. The fraction of sp³-hybridized carbons (Fsp3) is 0.500. The Morgan fingerprint density at radius 2 is 1.64 bits per heavy atom. The minimum Gasteiger partial charge on any atom is -0.399 e. The van der Waals surface area contributed by atoms with Crippen LogP contribution in [0.2, 0.25) is 0 Å². The summed E-state index contributed by atoms with van der Waals surface area (Å²) >= 11 is 0. The van der Waals surface area contributed by atoms with Gasteiger partial charge in [0.05, 0.1) is 0 Å². The fourth-order valence-electron chi connectivity index (χ4n) is 0.587. The molecule has 0 atom stereocenters. The van der Waals surface area contributed by atoms with E-state index in [0.717, 1.165) is 17.8 Å². The lowest BCUT2D eigenvalue weighted by atomic mass is 10.2. The minimum atomic E-state index is 0.868. The summed E-state index contributed by atoms with van der Waals surface area (Å²) in [4.78, 5) is 0. The van der Waals surface area contributed by atoms with Crippen molar-refractivity contribution in [2.75, 3.05) is 19.3 Å². The molecule has 2 nitrogen and oxygen atoms in total. The number of hydrogen-bond donors (Lipinski definition) is 2. The SMILES string of the molecule is CC.CCNC.Cc1ccccc1N. The summed E-state index contributed by atoms with van der Waals surface area (Å²) in [6.07, 6.45) is 0. The van der Waals surface area contributed by atoms with Crippen LogP contribution in [-0.2, 0) is 0 Å². The molecule has 0 aliphatic rings. The Hall–Kier alpha value is -1.02. The first kappa shape index (κ1) is 15.5. The smallest absolute Gasteiger partial charge is 0.0343 e. The van der Waals surface area contributed by atoms with Gasteiger partial charge in [0.1, 0.15) is 0 Å². The van der Waals surface area contributed by atoms with Gasteiger partial charge in [0.15, 0.2) is 0 Å². The molecule has 0 aromatic heterocycles. The van der Waals surface area contributed by atoms with Gasteiger partial charge in [0.25, 0.3) is 0 Å². The Bertz CT molecular complexity index is 186. The number of para-hydroxylation sites is 1. The molecule has 0 saturated heterocycles. The zero-order valence-electron chi connectivity index (χ0n) is 10.1. The van der Waals surface area contributed by atoms with Gasteiger partial charge in [0, 0.05) is 5.69 Å². The first-order chi connectivity index (χ1) is 6.72. The van der Waals surface area contributed by atoms with Gasteiger partial charge in [-0.15, -0.1) is 0 Å². The van der Waals surface area contributed by atoms with Crippen molar-refractivity contribution in [1.82, 2.24) is 5.32 Å². The maximum absolute atomic E-state index is 5.52. The average Bonchev–Trinajstić information content (AvgIpc) is 2.26. The van der Waals surface area contributed by atoms with E-state index in [0.29, 0.717) is 0 Å². The number of nitrogens with one attached hydrogen (secondary N) is 1. The third-order valence-corrected chi connectivity index (χ3v) is 1.54. The quantitative estimate of drug-likeness (QED) is 0.678. The number of anilines is 1. The summed E-state index contributed by atoms with van der Waals surface area (Å²) in [6, 6.07) is 7.80. The van der Waals surface area contributed by atoms with Crippen LogP contribution in [0.25, 0.3) is 0 Å². The van der Waals surface area contributed by atoms with Gasteiger partial charge in [-0.3, -0.25) is 0 Å². The number of nitrogens with two attached hydrogens (primary N) is 1. The fourth-order valence-corrected chi connectivity index (χ4v) is 0.587. The number of benzene rings is 1. The summed E-state index contributed by atoms with van der Waals surface area (Å²) in [6.45, 7) is 9.13. The highest BCUT2D eigenvalue weighted by atomic mass is 14.8. The summed E-state index contributed by atoms with van der Waals surface area (Å²) in [5, 5.41) is 2.93. The van der Waals surface area contributed by atoms with Crippen molar-refractivity contribution in [1.29, 1.82) is 0 Å². The second-order valence-electron chi connectivity index (χ2n) is 2.56. The number of hydrogen-bond acceptors (Lipinski definition) is 2. The van der Waals surface area contributed by atoms with E-state index in [4.69, 9.17) is 5.73 Å². The van der Waals surface area contributed by atoms with Gasteiger partial charge in [-0.1, -0.05) is 39.0 Å². The molecule has 14 heavy (non-hydrogen) atoms. The molecule has 1 aromatic rings. The molecular formula is C12H24N2. The summed E-state index contributed by atoms with van der Waals surface area (Å²) in [5.74, 6) is 0. The zero-order valence-corrected chi connectivity index (χ0v) is 10.1. The van der Waals surface area contributed by atoms with Gasteiger partial charge >= 0.3 is 0 Å². The predicted octanol–water partition coefficient (Wildman–Crippen LogP) is 2.83. The number of rotatable bonds is 1. The topological polar surface area (TPSA) is 38.0 Å². The molecule has 0 saturated carbocycles. The van der Waals surface area contributed by atoms with E-state index < -0.39 is 0 Å². The van der Waals surface area contributed by atoms with E-state index in [1.54, 1.807) is 0 Å². The normalized spacial score (nSPS) is 7.79. The molecule has 0 amide bonds. The lowest BCUT2D eigenvalue weighted by Crippen LogP contribution is -2.01. The van der Waals surface area contributed by atoms with Crippen molar-refractivity contribution in [2.45, 2.75) is 27.7 Å². The molecule has 1 rings (SSSR count). The molecule has 82 valence electrons. The Morgan fingerprint density at radius 3 is 1.86 bits per heavy atom. The summed E-state index contributed by atoms with van der Waals surface area (Å²) < 4.78 is 0. The first-order valence-corrected chi connectivity index (χ1v) is 5.18. The third-order valence-electron chi connectivity index (χ3n) is 1.54. The largest absolute Gasteiger partial charge is 0.399 e. The molecule has 2 heteroatoms. The van der Waals surface area contributed by atoms with E-state index in [1.807, 2.05) is 52.1 Å². The number of nitrogen functional groups attached to an aromatic ring is 1. The molecule has 0 aliphatic carbocycles. The zero-order chi connectivity index (χ0) is 11.4. The highest BCUT2D eigenvalue weighted by molar-refractivity contribution is 5.44. The van der Waals surface area contributed by atoms with E-state index in [1.165, 1.54) is 0 Å². The van der Waals surface area contributed by atoms with Crippen molar-refractivity contribution in [2.24, 2.45) is 0 Å². The Balaban J connectivity index is 0. The standard InChI is InChI=1S/C7H9N.C3H9N.C2H6/c1-6-4-2-3-5-7(6)8;1-3-4-2;1-2/h2-5H,8H2,1H3;4H,3H2,1-2H3;1-2H3. The van der Waals surface area contributed by atoms with Crippen LogP contribution in [0.15, 0.2) is 24.3 Å². The molecule has 1 aromatic carbocycles. The molecular weight excluding hydrogens is 172 g/mol. The highest BCUT2D eigenvalue weighted by Crippen LogP contribution is 2.06. The van der Waals surface area contributed by atoms with E-state index in [2.05, 4.69) is 12.2 Å². The Morgan fingerprint density at radius 1 is 1.21 bits per heavy atom. The van der Waals surface area contributed by atoms with Gasteiger partial charge in [-0.25, -0.2) is 0 Å². The second kappa shape index (κ2) is 12.0. The maximum Gasteiger partial charge on any atom is 0.0343 e. The van der Waals surface area contributed by atoms with Crippen LogP contribution in [0.5, 0.6) is 0 Å². The molecule has 0 aliphatic heterocycles. The molecule has 0 unspecified atom stereocenters. The summed E-state index contributed by atoms with van der Waals surface area (Å²) in [7, 11) is 1.93. The minimum absolute atomic E-state index is 0.868. The predicted molar refractivity (Wildman–Crippen MR) is 66.5 cm³/mol. The van der Waals surface area contributed by atoms with Crippen molar-refractivity contribution < 1.29 is 0 Å². The van der Waals surface area contributed by atoms with Crippen LogP contribution < -0.4 is 11.1 Å². The summed E-state index contributed by atoms with van der Waals surface area (Å²) in [5.41, 5.74) is 7.53. The maximum atomic E-state index is 5.52. The first-order valence-electron chi connectivity index (χ1n) is 5.18. The van der Waals surface area contributed by atoms with Crippen LogP contribution in [0.4, 0.5) is 5.69 Å². The van der Waals surface area contributed by atoms with Gasteiger partial charge < -0.3 is 11.1 Å². The van der Waals surface area contributed by atoms with Crippen LogP contribution >= 0.6 is 0 Å². The lowest BCUT2D eigenvalue weighted by Gasteiger charge is -1.93. The van der Waals surface area contributed by atoms with Crippen molar-refractivity contribution >= 4 is 5.69 Å². The second-order valence-corrected chi connectivity index (χ2v) is 2.56. The van der Waals surface area contributed by atoms with Gasteiger partial charge in [0.2, 0.25) is 0 Å². The molecule has 3 N–H and O–H groups in total. The molecule has 0 spiro atoms. The lowest BCUT2D eigenvalue weighted by molar-refractivity contribution is 0.864. The highest BCUT2D eigenvalue weighted by Gasteiger charge is 1.84. The van der Waals surface area contributed by atoms with Crippen molar-refractivity contribution in [3.8, 4) is 0 Å². The van der Waals surface area contributed by atoms with Crippen LogP contribution in [-0.4, -0.2) is 13.6 Å². The average molecular weight is 196 g/mol. The van der Waals surface area contributed by atoms with Crippen molar-refractivity contribution in [3.63, 3.8) is 0 Å². The van der Waals surface area contributed by atoms with E-state index >= 15 is 0 Å². The van der Waals surface area contributed by atoms with E-state index in [-0.39, 0.29) is 0 Å². The van der Waals surface area contributed by atoms with E-state index in [9.17, 15) is 0 Å². The molecule has 0 heterocycles. The number of aryl methyl sites for hydroxylation is 1. The van der Waals surface area contributed by atoms with Crippen LogP contribution in [0, 0.1) is 6.92 Å². The Kier molecular flexibility index (Phi) is 13.2. The van der Waals surface area contributed by atoms with Crippen LogP contribution in [0.1, 0.15) is 26.3 Å². The molecule has 0 fully saturated rings. The third kappa shape index (κ3) is 9.07. The van der Waals surface area contributed by atoms with Crippen molar-refractivity contribution in [3.05, 3.63) is 29.8 Å². The van der Waals surface area contributed by atoms with Gasteiger partial charge in [-0.2, -0.15) is 0 Å². The molecule has 0 radical (unpaired) electrons. The Labute approximate surface area is 88.5 Å². The van der Waals surface area contributed by atoms with Gasteiger partial charge in [-0.05, 0) is 32.1 Å². The van der Waals surface area contributed by atoms with Crippen LogP contribution in [0.3, 0.4) is 0 Å².